The van der Waals surface area contributed by atoms with Crippen molar-refractivity contribution >= 4 is 11.9 Å². The van der Waals surface area contributed by atoms with E-state index in [2.05, 4.69) is 39.0 Å². The van der Waals surface area contributed by atoms with Gasteiger partial charge in [-0.3, -0.25) is 4.79 Å². The van der Waals surface area contributed by atoms with Gasteiger partial charge < -0.3 is 0 Å². The second kappa shape index (κ2) is 4.92. The van der Waals surface area contributed by atoms with Gasteiger partial charge in [-0.1, -0.05) is 38.1 Å². The maximum Gasteiger partial charge on any atom is 0.152 e. The predicted molar refractivity (Wildman–Crippen MR) is 65.0 cm³/mol. The predicted octanol–water partition coefficient (Wildman–Crippen LogP) is 3.72. The molecule has 0 bridgehead atoms. The lowest BCUT2D eigenvalue weighted by atomic mass is 9.98. The van der Waals surface area contributed by atoms with Gasteiger partial charge in [0.05, 0.1) is 0 Å². The molecular weight excluding hydrogens is 184 g/mol. The van der Waals surface area contributed by atoms with Crippen LogP contribution >= 0.6 is 0 Å². The lowest BCUT2D eigenvalue weighted by molar-refractivity contribution is -0.112. The van der Waals surface area contributed by atoms with Crippen LogP contribution in [0.4, 0.5) is 0 Å². The van der Waals surface area contributed by atoms with Gasteiger partial charge in [-0.2, -0.15) is 0 Å². The number of hydrogen-bond donors (Lipinski definition) is 0. The van der Waals surface area contributed by atoms with Crippen LogP contribution in [0.15, 0.2) is 24.3 Å². The summed E-state index contributed by atoms with van der Waals surface area (Å²) in [5, 5.41) is 0. The lowest BCUT2D eigenvalue weighted by Crippen LogP contribution is -1.90. The minimum absolute atomic E-state index is 0.0855. The average Bonchev–Trinajstić information content (AvgIpc) is 2.15. The van der Waals surface area contributed by atoms with Gasteiger partial charge in [0.25, 0.3) is 0 Å². The van der Waals surface area contributed by atoms with E-state index >= 15 is 0 Å². The number of carbonyl (C=O) groups excluding carboxylic acids is 1. The Labute approximate surface area is 91.8 Å². The van der Waals surface area contributed by atoms with E-state index in [0.29, 0.717) is 5.92 Å². The number of benzene rings is 1. The molecule has 0 saturated carbocycles. The number of carbonyl (C=O) groups is 1. The Hall–Kier alpha value is -1.37. The van der Waals surface area contributed by atoms with Crippen molar-refractivity contribution in [3.63, 3.8) is 0 Å². The van der Waals surface area contributed by atoms with Crippen molar-refractivity contribution < 1.29 is 4.79 Å². The molecule has 15 heavy (non-hydrogen) atoms. The van der Waals surface area contributed by atoms with Crippen LogP contribution in [-0.2, 0) is 4.79 Å². The van der Waals surface area contributed by atoms with E-state index in [1.165, 1.54) is 11.1 Å². The molecule has 1 aromatic carbocycles. The molecule has 1 heteroatoms. The molecule has 0 radical (unpaired) electrons. The van der Waals surface area contributed by atoms with Crippen molar-refractivity contribution in [1.29, 1.82) is 0 Å². The molecule has 0 atom stereocenters. The zero-order valence-corrected chi connectivity index (χ0v) is 9.87. The lowest BCUT2D eigenvalue weighted by Gasteiger charge is -2.08. The summed E-state index contributed by atoms with van der Waals surface area (Å²) >= 11 is 0. The molecule has 0 aliphatic rings. The first-order valence-electron chi connectivity index (χ1n) is 5.30. The third-order valence-electron chi connectivity index (χ3n) is 2.46. The van der Waals surface area contributed by atoms with Crippen LogP contribution in [0.25, 0.3) is 6.08 Å². The largest absolute Gasteiger partial charge is 0.295 e. The molecule has 0 heterocycles. The maximum atomic E-state index is 10.8. The summed E-state index contributed by atoms with van der Waals surface area (Å²) in [5.74, 6) is 0.636. The van der Waals surface area contributed by atoms with E-state index in [0.717, 1.165) is 5.56 Å². The monoisotopic (exact) mass is 202 g/mol. The summed E-state index contributed by atoms with van der Waals surface area (Å²) in [4.78, 5) is 10.8. The van der Waals surface area contributed by atoms with Gasteiger partial charge >= 0.3 is 0 Å². The Kier molecular flexibility index (Phi) is 3.84. The zero-order chi connectivity index (χ0) is 11.4. The molecule has 0 fully saturated rings. The molecule has 0 spiro atoms. The van der Waals surface area contributed by atoms with E-state index in [1.54, 1.807) is 13.0 Å². The summed E-state index contributed by atoms with van der Waals surface area (Å²) in [5.41, 5.74) is 3.68. The summed E-state index contributed by atoms with van der Waals surface area (Å²) in [6.07, 6.45) is 3.49. The van der Waals surface area contributed by atoms with Crippen molar-refractivity contribution in [2.24, 2.45) is 0 Å². The van der Waals surface area contributed by atoms with Crippen molar-refractivity contribution in [1.82, 2.24) is 0 Å². The Morgan fingerprint density at radius 2 is 2.00 bits per heavy atom. The second-order valence-corrected chi connectivity index (χ2v) is 4.21. The number of allylic oxidation sites excluding steroid dienone is 1. The second-order valence-electron chi connectivity index (χ2n) is 4.21. The molecular formula is C14H18O. The van der Waals surface area contributed by atoms with Crippen molar-refractivity contribution in [2.45, 2.75) is 33.6 Å². The number of hydrogen-bond acceptors (Lipinski definition) is 1. The molecule has 0 aliphatic carbocycles. The molecule has 0 saturated heterocycles. The number of ketones is 1. The Morgan fingerprint density at radius 3 is 2.47 bits per heavy atom. The van der Waals surface area contributed by atoms with E-state index in [-0.39, 0.29) is 5.78 Å². The first-order valence-corrected chi connectivity index (χ1v) is 5.30. The fourth-order valence-corrected chi connectivity index (χ4v) is 1.45. The number of aryl methyl sites for hydroxylation is 1. The fraction of sp³-hybridized carbons (Fsp3) is 0.357. The highest BCUT2D eigenvalue weighted by Crippen LogP contribution is 2.19. The molecule has 80 valence electrons. The third-order valence-corrected chi connectivity index (χ3v) is 2.46. The van der Waals surface area contributed by atoms with Gasteiger partial charge in [-0.15, -0.1) is 0 Å². The molecule has 1 aromatic rings. The highest BCUT2D eigenvalue weighted by atomic mass is 16.1. The highest BCUT2D eigenvalue weighted by molar-refractivity contribution is 5.91. The van der Waals surface area contributed by atoms with Crippen molar-refractivity contribution in [2.75, 3.05) is 0 Å². The normalized spacial score (nSPS) is 11.3. The first kappa shape index (κ1) is 11.7. The summed E-state index contributed by atoms with van der Waals surface area (Å²) in [7, 11) is 0. The van der Waals surface area contributed by atoms with Crippen LogP contribution in [0.3, 0.4) is 0 Å². The maximum absolute atomic E-state index is 10.8. The van der Waals surface area contributed by atoms with Crippen molar-refractivity contribution in [3.8, 4) is 0 Å². The van der Waals surface area contributed by atoms with E-state index in [4.69, 9.17) is 0 Å². The zero-order valence-electron chi connectivity index (χ0n) is 9.87. The van der Waals surface area contributed by atoms with E-state index < -0.39 is 0 Å². The highest BCUT2D eigenvalue weighted by Gasteiger charge is 2.01. The fourth-order valence-electron chi connectivity index (χ4n) is 1.45. The topological polar surface area (TPSA) is 17.1 Å². The van der Waals surface area contributed by atoms with Crippen LogP contribution in [0, 0.1) is 6.92 Å². The van der Waals surface area contributed by atoms with Crippen molar-refractivity contribution in [3.05, 3.63) is 41.0 Å². The van der Waals surface area contributed by atoms with Gasteiger partial charge in [0, 0.05) is 0 Å². The first-order chi connectivity index (χ1) is 7.00. The van der Waals surface area contributed by atoms with Gasteiger partial charge in [-0.05, 0) is 42.5 Å². The smallest absolute Gasteiger partial charge is 0.152 e. The molecule has 1 nitrogen and oxygen atoms in total. The van der Waals surface area contributed by atoms with E-state index in [1.807, 2.05) is 6.08 Å². The Bertz CT molecular complexity index is 386. The number of rotatable bonds is 3. The van der Waals surface area contributed by atoms with Gasteiger partial charge in [0.1, 0.15) is 0 Å². The third kappa shape index (κ3) is 3.35. The SMILES string of the molecule is CC(=O)/C=C/c1ccc(C(C)C)cc1C. The van der Waals surface area contributed by atoms with Gasteiger partial charge in [0.15, 0.2) is 5.78 Å². The quantitative estimate of drug-likeness (QED) is 0.683. The minimum Gasteiger partial charge on any atom is -0.295 e. The summed E-state index contributed by atoms with van der Waals surface area (Å²) in [6, 6.07) is 6.38. The van der Waals surface area contributed by atoms with Crippen LogP contribution in [0.5, 0.6) is 0 Å². The van der Waals surface area contributed by atoms with Gasteiger partial charge in [0.2, 0.25) is 0 Å². The Balaban J connectivity index is 2.98. The van der Waals surface area contributed by atoms with Crippen LogP contribution in [0.2, 0.25) is 0 Å². The molecule has 0 amide bonds. The molecule has 0 aromatic heterocycles. The Morgan fingerprint density at radius 1 is 1.33 bits per heavy atom. The summed E-state index contributed by atoms with van der Waals surface area (Å²) in [6.45, 7) is 8.00. The standard InChI is InChI=1S/C14H18O/c1-10(2)14-8-7-13(11(3)9-14)6-5-12(4)15/h5-10H,1-4H3/b6-5+. The molecule has 0 unspecified atom stereocenters. The minimum atomic E-state index is 0.0855. The summed E-state index contributed by atoms with van der Waals surface area (Å²) < 4.78 is 0. The van der Waals surface area contributed by atoms with Crippen LogP contribution in [-0.4, -0.2) is 5.78 Å². The van der Waals surface area contributed by atoms with E-state index in [9.17, 15) is 4.79 Å². The van der Waals surface area contributed by atoms with Crippen LogP contribution in [0.1, 0.15) is 43.4 Å². The average molecular weight is 202 g/mol. The molecule has 0 N–H and O–H groups in total. The molecule has 0 aliphatic heterocycles. The van der Waals surface area contributed by atoms with Gasteiger partial charge in [-0.25, -0.2) is 0 Å². The molecule has 1 rings (SSSR count). The van der Waals surface area contributed by atoms with Crippen LogP contribution < -0.4 is 0 Å².